The largest absolute Gasteiger partial charge is 0.493 e. The highest BCUT2D eigenvalue weighted by Gasteiger charge is 2.06. The van der Waals surface area contributed by atoms with Gasteiger partial charge in [0.25, 0.3) is 0 Å². The molecule has 1 amide bonds. The Kier molecular flexibility index (Phi) is 6.63. The first-order valence-electron chi connectivity index (χ1n) is 7.97. The van der Waals surface area contributed by atoms with Crippen LogP contribution in [-0.4, -0.2) is 19.1 Å². The van der Waals surface area contributed by atoms with Gasteiger partial charge >= 0.3 is 0 Å². The summed E-state index contributed by atoms with van der Waals surface area (Å²) < 4.78 is 5.62. The monoisotopic (exact) mass is 312 g/mol. The molecule has 0 unspecified atom stereocenters. The summed E-state index contributed by atoms with van der Waals surface area (Å²) in [6.07, 6.45) is 0.323. The van der Waals surface area contributed by atoms with Gasteiger partial charge < -0.3 is 15.4 Å². The van der Waals surface area contributed by atoms with Crippen molar-refractivity contribution in [3.8, 4) is 5.75 Å². The summed E-state index contributed by atoms with van der Waals surface area (Å²) >= 11 is 0. The molecule has 0 radical (unpaired) electrons. The number of para-hydroxylation sites is 1. The molecule has 0 fully saturated rings. The zero-order chi connectivity index (χ0) is 16.5. The maximum absolute atomic E-state index is 12.1. The third kappa shape index (κ3) is 5.75. The number of anilines is 1. The second-order valence-corrected chi connectivity index (χ2v) is 5.40. The van der Waals surface area contributed by atoms with Gasteiger partial charge in [0.05, 0.1) is 13.0 Å². The molecule has 0 aromatic heterocycles. The molecule has 122 valence electrons. The summed E-state index contributed by atoms with van der Waals surface area (Å²) in [7, 11) is 0. The first-order valence-corrected chi connectivity index (χ1v) is 7.97. The lowest BCUT2D eigenvalue weighted by Crippen LogP contribution is -2.18. The van der Waals surface area contributed by atoms with E-state index in [0.717, 1.165) is 35.7 Å². The van der Waals surface area contributed by atoms with Crippen LogP contribution >= 0.6 is 0 Å². The van der Waals surface area contributed by atoms with E-state index in [4.69, 9.17) is 4.74 Å². The summed E-state index contributed by atoms with van der Waals surface area (Å²) in [5.74, 6) is 0.756. The maximum Gasteiger partial charge on any atom is 0.227 e. The lowest BCUT2D eigenvalue weighted by atomic mass is 10.1. The van der Waals surface area contributed by atoms with Crippen LogP contribution in [0.4, 0.5) is 5.69 Å². The molecule has 2 rings (SSSR count). The van der Waals surface area contributed by atoms with Crippen LogP contribution in [0.3, 0.4) is 0 Å². The number of nitrogens with one attached hydrogen (secondary N) is 2. The van der Waals surface area contributed by atoms with E-state index in [-0.39, 0.29) is 5.91 Å². The van der Waals surface area contributed by atoms with E-state index in [2.05, 4.69) is 17.6 Å². The lowest BCUT2D eigenvalue weighted by Gasteiger charge is -2.12. The fraction of sp³-hybridized carbons (Fsp3) is 0.316. The van der Waals surface area contributed by atoms with E-state index in [1.165, 1.54) is 0 Å². The number of hydrogen-bond acceptors (Lipinski definition) is 3. The molecule has 0 saturated heterocycles. The Balaban J connectivity index is 1.83. The highest BCUT2D eigenvalue weighted by atomic mass is 16.5. The Morgan fingerprint density at radius 3 is 2.74 bits per heavy atom. The van der Waals surface area contributed by atoms with Crippen molar-refractivity contribution < 1.29 is 9.53 Å². The maximum atomic E-state index is 12.1. The number of carbonyl (C=O) groups is 1. The number of hydrogen-bond donors (Lipinski definition) is 2. The lowest BCUT2D eigenvalue weighted by molar-refractivity contribution is -0.116. The summed E-state index contributed by atoms with van der Waals surface area (Å²) in [5, 5.41) is 6.23. The van der Waals surface area contributed by atoms with Crippen molar-refractivity contribution in [3.05, 3.63) is 59.7 Å². The SMILES string of the molecule is CCNCc1ccccc1NC(=O)CCOc1cccc(C)c1. The van der Waals surface area contributed by atoms with Crippen LogP contribution in [-0.2, 0) is 11.3 Å². The molecular formula is C19H24N2O2. The van der Waals surface area contributed by atoms with Gasteiger partial charge in [-0.05, 0) is 42.8 Å². The van der Waals surface area contributed by atoms with Crippen LogP contribution in [0, 0.1) is 6.92 Å². The van der Waals surface area contributed by atoms with Crippen molar-refractivity contribution >= 4 is 11.6 Å². The molecule has 2 aromatic rings. The van der Waals surface area contributed by atoms with Gasteiger partial charge in [0.1, 0.15) is 5.75 Å². The predicted octanol–water partition coefficient (Wildman–Crippen LogP) is 3.51. The molecule has 4 heteroatoms. The number of aryl methyl sites for hydroxylation is 1. The van der Waals surface area contributed by atoms with Gasteiger partial charge in [-0.2, -0.15) is 0 Å². The standard InChI is InChI=1S/C19H24N2O2/c1-3-20-14-16-8-4-5-10-18(16)21-19(22)11-12-23-17-9-6-7-15(2)13-17/h4-10,13,20H,3,11-12,14H2,1-2H3,(H,21,22). The van der Waals surface area contributed by atoms with E-state index in [1.807, 2.05) is 55.5 Å². The summed E-state index contributed by atoms with van der Waals surface area (Å²) in [6.45, 7) is 6.08. The predicted molar refractivity (Wildman–Crippen MR) is 93.7 cm³/mol. The second-order valence-electron chi connectivity index (χ2n) is 5.40. The van der Waals surface area contributed by atoms with Crippen molar-refractivity contribution in [1.29, 1.82) is 0 Å². The molecule has 0 bridgehead atoms. The third-order valence-corrected chi connectivity index (χ3v) is 3.44. The van der Waals surface area contributed by atoms with Crippen LogP contribution in [0.25, 0.3) is 0 Å². The van der Waals surface area contributed by atoms with Crippen LogP contribution in [0.1, 0.15) is 24.5 Å². The zero-order valence-corrected chi connectivity index (χ0v) is 13.8. The molecule has 0 saturated carbocycles. The molecule has 2 N–H and O–H groups in total. The van der Waals surface area contributed by atoms with Crippen molar-refractivity contribution in [2.45, 2.75) is 26.8 Å². The topological polar surface area (TPSA) is 50.4 Å². The van der Waals surface area contributed by atoms with Crippen molar-refractivity contribution in [3.63, 3.8) is 0 Å². The average Bonchev–Trinajstić information content (AvgIpc) is 2.54. The number of carbonyl (C=O) groups excluding carboxylic acids is 1. The second kappa shape index (κ2) is 8.96. The quantitative estimate of drug-likeness (QED) is 0.784. The zero-order valence-electron chi connectivity index (χ0n) is 13.8. The molecule has 4 nitrogen and oxygen atoms in total. The normalized spacial score (nSPS) is 10.3. The Morgan fingerprint density at radius 2 is 1.96 bits per heavy atom. The minimum absolute atomic E-state index is 0.0402. The van der Waals surface area contributed by atoms with Gasteiger partial charge in [0.2, 0.25) is 5.91 Å². The van der Waals surface area contributed by atoms with E-state index >= 15 is 0 Å². The fourth-order valence-electron chi connectivity index (χ4n) is 2.24. The minimum Gasteiger partial charge on any atom is -0.493 e. The van der Waals surface area contributed by atoms with Gasteiger partial charge in [0, 0.05) is 12.2 Å². The van der Waals surface area contributed by atoms with Crippen molar-refractivity contribution in [1.82, 2.24) is 5.32 Å². The third-order valence-electron chi connectivity index (χ3n) is 3.44. The Labute approximate surface area is 137 Å². The van der Waals surface area contributed by atoms with Gasteiger partial charge in [0.15, 0.2) is 0 Å². The Hall–Kier alpha value is -2.33. The first-order chi connectivity index (χ1) is 11.2. The van der Waals surface area contributed by atoms with Crippen molar-refractivity contribution in [2.24, 2.45) is 0 Å². The number of amides is 1. The molecule has 2 aromatic carbocycles. The molecule has 0 spiro atoms. The summed E-state index contributed by atoms with van der Waals surface area (Å²) in [4.78, 5) is 12.1. The number of rotatable bonds is 8. The minimum atomic E-state index is -0.0402. The van der Waals surface area contributed by atoms with Crippen molar-refractivity contribution in [2.75, 3.05) is 18.5 Å². The molecular weight excluding hydrogens is 288 g/mol. The molecule has 0 aliphatic rings. The van der Waals surface area contributed by atoms with Crippen LogP contribution in [0.5, 0.6) is 5.75 Å². The van der Waals surface area contributed by atoms with Gasteiger partial charge in [-0.15, -0.1) is 0 Å². The van der Waals surface area contributed by atoms with Gasteiger partial charge in [-0.1, -0.05) is 37.3 Å². The first kappa shape index (κ1) is 17.0. The smallest absolute Gasteiger partial charge is 0.227 e. The number of benzene rings is 2. The average molecular weight is 312 g/mol. The summed E-state index contributed by atoms with van der Waals surface area (Å²) in [6, 6.07) is 15.7. The molecule has 0 heterocycles. The van der Waals surface area contributed by atoms with E-state index < -0.39 is 0 Å². The fourth-order valence-corrected chi connectivity index (χ4v) is 2.24. The van der Waals surface area contributed by atoms with Crippen LogP contribution in [0.15, 0.2) is 48.5 Å². The van der Waals surface area contributed by atoms with Crippen LogP contribution in [0.2, 0.25) is 0 Å². The van der Waals surface area contributed by atoms with E-state index in [0.29, 0.717) is 13.0 Å². The van der Waals surface area contributed by atoms with Gasteiger partial charge in [-0.25, -0.2) is 0 Å². The molecule has 23 heavy (non-hydrogen) atoms. The highest BCUT2D eigenvalue weighted by Crippen LogP contribution is 2.16. The highest BCUT2D eigenvalue weighted by molar-refractivity contribution is 5.91. The Bertz CT molecular complexity index is 641. The van der Waals surface area contributed by atoms with E-state index in [1.54, 1.807) is 0 Å². The van der Waals surface area contributed by atoms with E-state index in [9.17, 15) is 4.79 Å². The van der Waals surface area contributed by atoms with Crippen LogP contribution < -0.4 is 15.4 Å². The molecule has 0 atom stereocenters. The Morgan fingerprint density at radius 1 is 1.13 bits per heavy atom. The van der Waals surface area contributed by atoms with Gasteiger partial charge in [-0.3, -0.25) is 4.79 Å². The summed E-state index contributed by atoms with van der Waals surface area (Å²) in [5.41, 5.74) is 3.08. The number of ether oxygens (including phenoxy) is 1. The molecule has 0 aliphatic carbocycles. The molecule has 0 aliphatic heterocycles.